The lowest BCUT2D eigenvalue weighted by atomic mass is 10.0. The number of piperidine rings is 1. The number of halogens is 1. The summed E-state index contributed by atoms with van der Waals surface area (Å²) in [5.74, 6) is 0.701. The minimum Gasteiger partial charge on any atom is -0.335 e. The van der Waals surface area contributed by atoms with Crippen molar-refractivity contribution in [3.05, 3.63) is 28.2 Å². The summed E-state index contributed by atoms with van der Waals surface area (Å²) in [7, 11) is 0. The third-order valence-electron chi connectivity index (χ3n) is 3.99. The summed E-state index contributed by atoms with van der Waals surface area (Å²) in [6.07, 6.45) is 2.05. The zero-order chi connectivity index (χ0) is 16.1. The van der Waals surface area contributed by atoms with Crippen LogP contribution in [-0.2, 0) is 0 Å². The van der Waals surface area contributed by atoms with Crippen LogP contribution in [0.3, 0.4) is 0 Å². The van der Waals surface area contributed by atoms with Crippen LogP contribution < -0.4 is 10.6 Å². The fourth-order valence-corrected chi connectivity index (χ4v) is 3.21. The van der Waals surface area contributed by atoms with Crippen molar-refractivity contribution in [3.8, 4) is 0 Å². The van der Waals surface area contributed by atoms with Crippen LogP contribution in [0.25, 0.3) is 0 Å². The van der Waals surface area contributed by atoms with E-state index in [2.05, 4.69) is 45.3 Å². The van der Waals surface area contributed by atoms with Gasteiger partial charge in [0.25, 0.3) is 0 Å². The Morgan fingerprint density at radius 1 is 1.36 bits per heavy atom. The molecule has 1 saturated heterocycles. The number of anilines is 1. The molecule has 0 saturated carbocycles. The van der Waals surface area contributed by atoms with Crippen LogP contribution in [0.4, 0.5) is 10.5 Å². The Bertz CT molecular complexity index is 511. The Hall–Kier alpha value is -1.07. The number of nitrogens with zero attached hydrogens (tertiary/aromatic N) is 1. The molecule has 1 aliphatic rings. The van der Waals surface area contributed by atoms with E-state index in [1.54, 1.807) is 0 Å². The van der Waals surface area contributed by atoms with Gasteiger partial charge in [0.2, 0.25) is 0 Å². The third-order valence-corrected chi connectivity index (χ3v) is 4.49. The summed E-state index contributed by atoms with van der Waals surface area (Å²) < 4.78 is 0.968. The Balaban J connectivity index is 1.80. The predicted octanol–water partition coefficient (Wildman–Crippen LogP) is 4.00. The second kappa shape index (κ2) is 7.97. The van der Waals surface area contributed by atoms with Crippen molar-refractivity contribution in [2.45, 2.75) is 39.7 Å². The summed E-state index contributed by atoms with van der Waals surface area (Å²) in [4.78, 5) is 14.6. The quantitative estimate of drug-likeness (QED) is 0.844. The van der Waals surface area contributed by atoms with Gasteiger partial charge in [-0.15, -0.1) is 0 Å². The molecule has 0 spiro atoms. The predicted molar refractivity (Wildman–Crippen MR) is 95.3 cm³/mol. The first-order chi connectivity index (χ1) is 10.4. The number of rotatable bonds is 4. The van der Waals surface area contributed by atoms with Crippen molar-refractivity contribution in [2.24, 2.45) is 5.92 Å². The molecular formula is C17H26BrN3O. The largest absolute Gasteiger partial charge is 0.335 e. The molecule has 0 unspecified atom stereocenters. The maximum Gasteiger partial charge on any atom is 0.319 e. The van der Waals surface area contributed by atoms with Crippen molar-refractivity contribution in [1.82, 2.24) is 10.2 Å². The highest BCUT2D eigenvalue weighted by Crippen LogP contribution is 2.20. The minimum absolute atomic E-state index is 0.108. The molecule has 2 rings (SSSR count). The van der Waals surface area contributed by atoms with E-state index in [0.717, 1.165) is 48.2 Å². The summed E-state index contributed by atoms with van der Waals surface area (Å²) in [5.41, 5.74) is 1.91. The molecule has 122 valence electrons. The van der Waals surface area contributed by atoms with Crippen molar-refractivity contribution in [1.29, 1.82) is 0 Å². The molecule has 0 radical (unpaired) electrons. The molecule has 5 heteroatoms. The summed E-state index contributed by atoms with van der Waals surface area (Å²) in [5, 5.41) is 6.04. The molecule has 0 atom stereocenters. The number of nitrogens with one attached hydrogen (secondary N) is 2. The smallest absolute Gasteiger partial charge is 0.319 e. The van der Waals surface area contributed by atoms with Crippen LogP contribution in [0.2, 0.25) is 0 Å². The van der Waals surface area contributed by atoms with Crippen LogP contribution in [0.1, 0.15) is 32.3 Å². The molecule has 1 fully saturated rings. The number of carbonyl (C=O) groups excluding carboxylic acids is 1. The zero-order valence-corrected chi connectivity index (χ0v) is 15.2. The van der Waals surface area contributed by atoms with Crippen LogP contribution in [0.15, 0.2) is 22.7 Å². The number of hydrogen-bond donors (Lipinski definition) is 2. The third kappa shape index (κ3) is 5.29. The lowest BCUT2D eigenvalue weighted by Crippen LogP contribution is -2.46. The summed E-state index contributed by atoms with van der Waals surface area (Å²) in [6, 6.07) is 6.06. The maximum atomic E-state index is 12.2. The molecule has 1 aromatic carbocycles. The first-order valence-electron chi connectivity index (χ1n) is 8.00. The number of urea groups is 1. The Labute approximate surface area is 141 Å². The number of likely N-dealkylation sites (tertiary alicyclic amines) is 1. The van der Waals surface area contributed by atoms with E-state index >= 15 is 0 Å². The Morgan fingerprint density at radius 3 is 2.68 bits per heavy atom. The van der Waals surface area contributed by atoms with Gasteiger partial charge in [-0.1, -0.05) is 35.8 Å². The van der Waals surface area contributed by atoms with Crippen molar-refractivity contribution >= 4 is 27.6 Å². The average molecular weight is 368 g/mol. The van der Waals surface area contributed by atoms with Crippen LogP contribution in [0, 0.1) is 12.8 Å². The lowest BCUT2D eigenvalue weighted by Gasteiger charge is -2.33. The second-order valence-corrected chi connectivity index (χ2v) is 7.44. The number of aryl methyl sites for hydroxylation is 1. The molecular weight excluding hydrogens is 342 g/mol. The SMILES string of the molecule is Cc1ccc(Br)cc1NC(=O)NC1CCN(CC(C)C)CC1. The van der Waals surface area contributed by atoms with E-state index in [4.69, 9.17) is 0 Å². The maximum absolute atomic E-state index is 12.2. The molecule has 0 bridgehead atoms. The fourth-order valence-electron chi connectivity index (χ4n) is 2.85. The van der Waals surface area contributed by atoms with E-state index in [1.807, 2.05) is 25.1 Å². The van der Waals surface area contributed by atoms with Gasteiger partial charge in [0, 0.05) is 35.8 Å². The first kappa shape index (κ1) is 17.3. The van der Waals surface area contributed by atoms with Gasteiger partial charge in [-0.05, 0) is 43.4 Å². The van der Waals surface area contributed by atoms with Crippen LogP contribution >= 0.6 is 15.9 Å². The van der Waals surface area contributed by atoms with Gasteiger partial charge >= 0.3 is 6.03 Å². The second-order valence-electron chi connectivity index (χ2n) is 6.53. The minimum atomic E-state index is -0.108. The van der Waals surface area contributed by atoms with Crippen LogP contribution in [0.5, 0.6) is 0 Å². The topological polar surface area (TPSA) is 44.4 Å². The van der Waals surface area contributed by atoms with E-state index in [1.165, 1.54) is 0 Å². The molecule has 1 aromatic rings. The van der Waals surface area contributed by atoms with Gasteiger partial charge in [0.1, 0.15) is 0 Å². The molecule has 0 aliphatic carbocycles. The normalized spacial score (nSPS) is 16.8. The molecule has 22 heavy (non-hydrogen) atoms. The average Bonchev–Trinajstić information content (AvgIpc) is 2.44. The first-order valence-corrected chi connectivity index (χ1v) is 8.79. The standard InChI is InChI=1S/C17H26BrN3O/c1-12(2)11-21-8-6-15(7-9-21)19-17(22)20-16-10-14(18)5-4-13(16)3/h4-5,10,12,15H,6-9,11H2,1-3H3,(H2,19,20,22). The van der Waals surface area contributed by atoms with Gasteiger partial charge in [-0.2, -0.15) is 0 Å². The molecule has 2 N–H and O–H groups in total. The molecule has 1 aliphatic heterocycles. The van der Waals surface area contributed by atoms with E-state index in [0.29, 0.717) is 5.92 Å². The summed E-state index contributed by atoms with van der Waals surface area (Å²) in [6.45, 7) is 9.77. The number of amides is 2. The lowest BCUT2D eigenvalue weighted by molar-refractivity contribution is 0.180. The van der Waals surface area contributed by atoms with Gasteiger partial charge < -0.3 is 15.5 Å². The summed E-state index contributed by atoms with van der Waals surface area (Å²) >= 11 is 3.43. The van der Waals surface area contributed by atoms with Gasteiger partial charge in [0.15, 0.2) is 0 Å². The molecule has 4 nitrogen and oxygen atoms in total. The van der Waals surface area contributed by atoms with Crippen molar-refractivity contribution in [3.63, 3.8) is 0 Å². The van der Waals surface area contributed by atoms with Gasteiger partial charge in [-0.25, -0.2) is 4.79 Å². The number of benzene rings is 1. The van der Waals surface area contributed by atoms with Gasteiger partial charge in [-0.3, -0.25) is 0 Å². The van der Waals surface area contributed by atoms with E-state index < -0.39 is 0 Å². The van der Waals surface area contributed by atoms with Gasteiger partial charge in [0.05, 0.1) is 0 Å². The Morgan fingerprint density at radius 2 is 2.05 bits per heavy atom. The fraction of sp³-hybridized carbons (Fsp3) is 0.588. The van der Waals surface area contributed by atoms with Crippen molar-refractivity contribution in [2.75, 3.05) is 25.0 Å². The van der Waals surface area contributed by atoms with E-state index in [-0.39, 0.29) is 12.1 Å². The number of carbonyl (C=O) groups is 1. The Kier molecular flexibility index (Phi) is 6.26. The van der Waals surface area contributed by atoms with Crippen molar-refractivity contribution < 1.29 is 4.79 Å². The zero-order valence-electron chi connectivity index (χ0n) is 13.7. The highest BCUT2D eigenvalue weighted by Gasteiger charge is 2.21. The highest BCUT2D eigenvalue weighted by atomic mass is 79.9. The van der Waals surface area contributed by atoms with Crippen LogP contribution in [-0.4, -0.2) is 36.6 Å². The molecule has 2 amide bonds. The monoisotopic (exact) mass is 367 g/mol. The number of hydrogen-bond acceptors (Lipinski definition) is 2. The molecule has 0 aromatic heterocycles. The molecule has 1 heterocycles. The highest BCUT2D eigenvalue weighted by molar-refractivity contribution is 9.10. The van der Waals surface area contributed by atoms with E-state index in [9.17, 15) is 4.79 Å².